The van der Waals surface area contributed by atoms with Crippen molar-refractivity contribution >= 4 is 10.8 Å². The van der Waals surface area contributed by atoms with Crippen LogP contribution in [0.3, 0.4) is 0 Å². The van der Waals surface area contributed by atoms with E-state index in [1.165, 1.54) is 55.3 Å². The van der Waals surface area contributed by atoms with Crippen molar-refractivity contribution in [3.05, 3.63) is 89.0 Å². The summed E-state index contributed by atoms with van der Waals surface area (Å²) in [6.07, 6.45) is 4.46. The van der Waals surface area contributed by atoms with E-state index in [4.69, 9.17) is 4.74 Å². The number of aryl methyl sites for hydroxylation is 4. The van der Waals surface area contributed by atoms with E-state index in [2.05, 4.69) is 66.7 Å². The predicted octanol–water partition coefficient (Wildman–Crippen LogP) is 6.38. The fourth-order valence-corrected chi connectivity index (χ4v) is 5.19. The molecular formula is C27H22O. The summed E-state index contributed by atoms with van der Waals surface area (Å²) in [5.41, 5.74) is 11.6. The smallest absolute Gasteiger partial charge is 0.119 e. The molecule has 6 rings (SSSR count). The van der Waals surface area contributed by atoms with E-state index in [9.17, 15) is 0 Å². The molecule has 0 amide bonds. The van der Waals surface area contributed by atoms with Gasteiger partial charge in [-0.25, -0.2) is 0 Å². The Morgan fingerprint density at radius 1 is 0.607 bits per heavy atom. The van der Waals surface area contributed by atoms with Crippen LogP contribution in [0.4, 0.5) is 0 Å². The summed E-state index contributed by atoms with van der Waals surface area (Å²) in [4.78, 5) is 0. The summed E-state index contributed by atoms with van der Waals surface area (Å²) in [6, 6.07) is 24.8. The van der Waals surface area contributed by atoms with Crippen molar-refractivity contribution in [2.24, 2.45) is 0 Å². The van der Waals surface area contributed by atoms with E-state index in [0.717, 1.165) is 31.4 Å². The first kappa shape index (κ1) is 15.9. The van der Waals surface area contributed by atoms with Crippen LogP contribution in [0.15, 0.2) is 66.7 Å². The quantitative estimate of drug-likeness (QED) is 0.382. The van der Waals surface area contributed by atoms with Gasteiger partial charge in [0.05, 0.1) is 7.11 Å². The molecule has 0 aliphatic heterocycles. The number of ether oxygens (including phenoxy) is 1. The minimum Gasteiger partial charge on any atom is -0.497 e. The van der Waals surface area contributed by atoms with E-state index in [0.29, 0.717) is 0 Å². The lowest BCUT2D eigenvalue weighted by Crippen LogP contribution is -2.11. The van der Waals surface area contributed by atoms with Gasteiger partial charge >= 0.3 is 0 Å². The summed E-state index contributed by atoms with van der Waals surface area (Å²) in [5, 5.41) is 2.71. The molecule has 2 aliphatic rings. The zero-order valence-corrected chi connectivity index (χ0v) is 16.1. The second kappa shape index (κ2) is 5.97. The van der Waals surface area contributed by atoms with Crippen LogP contribution >= 0.6 is 0 Å². The Bertz CT molecular complexity index is 1250. The van der Waals surface area contributed by atoms with Gasteiger partial charge in [-0.15, -0.1) is 0 Å². The fraction of sp³-hybridized carbons (Fsp3) is 0.185. The van der Waals surface area contributed by atoms with E-state index >= 15 is 0 Å². The van der Waals surface area contributed by atoms with E-state index < -0.39 is 0 Å². The van der Waals surface area contributed by atoms with Crippen LogP contribution in [0.5, 0.6) is 5.75 Å². The summed E-state index contributed by atoms with van der Waals surface area (Å²) < 4.78 is 5.58. The van der Waals surface area contributed by atoms with E-state index in [1.807, 2.05) is 0 Å². The molecular weight excluding hydrogens is 340 g/mol. The summed E-state index contributed by atoms with van der Waals surface area (Å²) in [5.74, 6) is 0.943. The van der Waals surface area contributed by atoms with Gasteiger partial charge < -0.3 is 4.74 Å². The van der Waals surface area contributed by atoms with Crippen LogP contribution in [0, 0.1) is 0 Å². The molecule has 2 aliphatic carbocycles. The Labute approximate surface area is 165 Å². The molecule has 0 heterocycles. The zero-order chi connectivity index (χ0) is 18.7. The molecule has 136 valence electrons. The van der Waals surface area contributed by atoms with Gasteiger partial charge in [0.2, 0.25) is 0 Å². The summed E-state index contributed by atoms with van der Waals surface area (Å²) >= 11 is 0. The Hall–Kier alpha value is -3.06. The van der Waals surface area contributed by atoms with Crippen LogP contribution in [0.2, 0.25) is 0 Å². The molecule has 0 saturated carbocycles. The topological polar surface area (TPSA) is 9.23 Å². The monoisotopic (exact) mass is 362 g/mol. The molecule has 4 aromatic rings. The van der Waals surface area contributed by atoms with Crippen molar-refractivity contribution < 1.29 is 4.74 Å². The third-order valence-corrected chi connectivity index (χ3v) is 6.56. The van der Waals surface area contributed by atoms with Crippen molar-refractivity contribution in [1.82, 2.24) is 0 Å². The highest BCUT2D eigenvalue weighted by Crippen LogP contribution is 2.48. The van der Waals surface area contributed by atoms with Crippen LogP contribution in [0.1, 0.15) is 22.3 Å². The average molecular weight is 362 g/mol. The van der Waals surface area contributed by atoms with Gasteiger partial charge in [0, 0.05) is 0 Å². The maximum Gasteiger partial charge on any atom is 0.119 e. The highest BCUT2D eigenvalue weighted by molar-refractivity contribution is 6.04. The predicted molar refractivity (Wildman–Crippen MR) is 116 cm³/mol. The Kier molecular flexibility index (Phi) is 3.40. The van der Waals surface area contributed by atoms with Crippen molar-refractivity contribution in [3.63, 3.8) is 0 Å². The van der Waals surface area contributed by atoms with Crippen molar-refractivity contribution in [1.29, 1.82) is 0 Å². The highest BCUT2D eigenvalue weighted by atomic mass is 16.5. The molecule has 1 heteroatoms. The van der Waals surface area contributed by atoms with Crippen molar-refractivity contribution in [3.8, 4) is 28.0 Å². The molecule has 1 nitrogen and oxygen atoms in total. The summed E-state index contributed by atoms with van der Waals surface area (Å²) in [6.45, 7) is 0. The van der Waals surface area contributed by atoms with Gasteiger partial charge in [-0.1, -0.05) is 54.6 Å². The third-order valence-electron chi connectivity index (χ3n) is 6.56. The minimum atomic E-state index is 0.943. The molecule has 0 atom stereocenters. The van der Waals surface area contributed by atoms with Gasteiger partial charge in [-0.05, 0) is 93.1 Å². The number of methoxy groups -OCH3 is 1. The molecule has 0 N–H and O–H groups in total. The maximum absolute atomic E-state index is 5.58. The Balaban J connectivity index is 1.74. The van der Waals surface area contributed by atoms with Crippen LogP contribution < -0.4 is 4.74 Å². The minimum absolute atomic E-state index is 0.943. The van der Waals surface area contributed by atoms with Crippen molar-refractivity contribution in [2.75, 3.05) is 7.11 Å². The van der Waals surface area contributed by atoms with E-state index in [-0.39, 0.29) is 0 Å². The normalized spacial score (nSPS) is 14.0. The number of fused-ring (bicyclic) bond motifs is 9. The lowest BCUT2D eigenvalue weighted by molar-refractivity contribution is 0.415. The molecule has 0 unspecified atom stereocenters. The second-order valence-corrected chi connectivity index (χ2v) is 7.98. The zero-order valence-electron chi connectivity index (χ0n) is 16.1. The van der Waals surface area contributed by atoms with Crippen molar-refractivity contribution in [2.45, 2.75) is 25.7 Å². The van der Waals surface area contributed by atoms with Gasteiger partial charge in [-0.3, -0.25) is 0 Å². The molecule has 0 fully saturated rings. The first-order valence-electron chi connectivity index (χ1n) is 10.2. The van der Waals surface area contributed by atoms with Crippen LogP contribution in [-0.4, -0.2) is 7.11 Å². The Morgan fingerprint density at radius 2 is 1.25 bits per heavy atom. The average Bonchev–Trinajstić information content (AvgIpc) is 2.77. The molecule has 0 spiro atoms. The molecule has 0 saturated heterocycles. The van der Waals surface area contributed by atoms with Gasteiger partial charge in [0.25, 0.3) is 0 Å². The first-order valence-corrected chi connectivity index (χ1v) is 10.2. The largest absolute Gasteiger partial charge is 0.497 e. The fourth-order valence-electron chi connectivity index (χ4n) is 5.19. The number of rotatable bonds is 1. The molecule has 4 aromatic carbocycles. The molecule has 0 bridgehead atoms. The maximum atomic E-state index is 5.58. The van der Waals surface area contributed by atoms with Crippen LogP contribution in [-0.2, 0) is 25.7 Å². The SMILES string of the molecule is COc1ccc2c(c1)-c1c(ccc3c1-c1c(ccc4ccccc14)CC3)CC2. The van der Waals surface area contributed by atoms with Crippen LogP contribution in [0.25, 0.3) is 33.0 Å². The second-order valence-electron chi connectivity index (χ2n) is 7.98. The lowest BCUT2D eigenvalue weighted by atomic mass is 9.74. The highest BCUT2D eigenvalue weighted by Gasteiger charge is 2.27. The molecule has 0 aromatic heterocycles. The third kappa shape index (κ3) is 2.19. The lowest BCUT2D eigenvalue weighted by Gasteiger charge is -2.30. The van der Waals surface area contributed by atoms with E-state index in [1.54, 1.807) is 7.11 Å². The molecule has 0 radical (unpaired) electrons. The molecule has 28 heavy (non-hydrogen) atoms. The van der Waals surface area contributed by atoms with Gasteiger partial charge in [0.1, 0.15) is 5.75 Å². The summed E-state index contributed by atoms with van der Waals surface area (Å²) in [7, 11) is 1.76. The number of hydrogen-bond donors (Lipinski definition) is 0. The number of benzene rings is 4. The number of hydrogen-bond acceptors (Lipinski definition) is 1. The standard InChI is InChI=1S/C27H22O/c1-28-22-15-14-18-7-9-20-11-13-21-12-10-19-8-6-17-4-2-3-5-23(17)25(19)27(21)26(20)24(18)16-22/h2-6,8,11,13-16H,7,9-10,12H2,1H3. The first-order chi connectivity index (χ1) is 13.8. The Morgan fingerprint density at radius 3 is 2.07 bits per heavy atom. The van der Waals surface area contributed by atoms with Gasteiger partial charge in [0.15, 0.2) is 0 Å². The van der Waals surface area contributed by atoms with Gasteiger partial charge in [-0.2, -0.15) is 0 Å².